The maximum absolute atomic E-state index is 11.7. The zero-order chi connectivity index (χ0) is 21.6. The molecule has 6 heteroatoms. The molecule has 29 heavy (non-hydrogen) atoms. The lowest BCUT2D eigenvalue weighted by molar-refractivity contribution is -0.148. The van der Waals surface area contributed by atoms with Gasteiger partial charge in [-0.15, -0.1) is 0 Å². The summed E-state index contributed by atoms with van der Waals surface area (Å²) in [5.41, 5.74) is 0.0672. The van der Waals surface area contributed by atoms with Crippen LogP contribution >= 0.6 is 0 Å². The van der Waals surface area contributed by atoms with Gasteiger partial charge in [0.1, 0.15) is 6.10 Å². The lowest BCUT2D eigenvalue weighted by Crippen LogP contribution is -2.56. The second-order valence-corrected chi connectivity index (χ2v) is 8.93. The van der Waals surface area contributed by atoms with Crippen molar-refractivity contribution in [2.75, 3.05) is 47.1 Å². The molecule has 1 radical (unpaired) electrons. The van der Waals surface area contributed by atoms with Crippen LogP contribution in [0, 0.1) is 30.1 Å². The van der Waals surface area contributed by atoms with Crippen molar-refractivity contribution in [3.63, 3.8) is 0 Å². The molecule has 1 saturated carbocycles. The highest BCUT2D eigenvalue weighted by molar-refractivity contribution is 5.66. The van der Waals surface area contributed by atoms with Gasteiger partial charge >= 0.3 is 5.97 Å². The molecule has 167 valence electrons. The fourth-order valence-corrected chi connectivity index (χ4v) is 5.03. The molecular weight excluding hydrogens is 370 g/mol. The Kier molecular flexibility index (Phi) is 9.14. The molecule has 2 aliphatic carbocycles. The van der Waals surface area contributed by atoms with E-state index in [1.807, 2.05) is 13.3 Å². The minimum absolute atomic E-state index is 0.0414. The Morgan fingerprint density at radius 3 is 2.45 bits per heavy atom. The number of carbonyl (C=O) groups excluding carboxylic acids is 1. The number of aliphatic hydroxyl groups is 1. The molecule has 0 amide bonds. The first-order chi connectivity index (χ1) is 13.7. The van der Waals surface area contributed by atoms with Crippen LogP contribution in [-0.2, 0) is 19.0 Å². The average Bonchev–Trinajstić information content (AvgIpc) is 2.66. The number of rotatable bonds is 10. The van der Waals surface area contributed by atoms with Crippen molar-refractivity contribution in [1.82, 2.24) is 4.90 Å². The van der Waals surface area contributed by atoms with Gasteiger partial charge in [0.05, 0.1) is 18.8 Å². The number of hydrogen-bond acceptors (Lipinski definition) is 6. The molecule has 1 fully saturated rings. The number of nitrogens with zero attached hydrogens (tertiary/aromatic N) is 1. The molecule has 0 saturated heterocycles. The van der Waals surface area contributed by atoms with Gasteiger partial charge in [0.25, 0.3) is 0 Å². The summed E-state index contributed by atoms with van der Waals surface area (Å²) in [6.07, 6.45) is 5.66. The minimum Gasteiger partial charge on any atom is -0.458 e. The minimum atomic E-state index is -0.944. The summed E-state index contributed by atoms with van der Waals surface area (Å²) in [6.45, 7) is 11.9. The number of carbonyl (C=O) groups is 1. The van der Waals surface area contributed by atoms with Crippen LogP contribution in [0.15, 0.2) is 11.6 Å². The summed E-state index contributed by atoms with van der Waals surface area (Å²) >= 11 is 0. The standard InChI is InChI=1S/C23H40NO5/c1-16-13-21-20(17(2)15-24(9-11-27-5)10-12-28-6)8-7-18(3)23(21,26)14-22(16)29-19(4)25/h13-14,17-18,20-22,26H,7-12,15H2,1-6H3/t17?,18-,20+,21-,22-,23-/m1/s1. The Bertz CT molecular complexity index is 557. The lowest BCUT2D eigenvalue weighted by Gasteiger charge is -2.53. The summed E-state index contributed by atoms with van der Waals surface area (Å²) in [4.78, 5) is 13.9. The molecule has 0 spiro atoms. The SMILES string of the molecule is COCCN(CCOC)CC(C)[C@@H]1CC[C@@H](C)[C@]2(O)[CH][C@@H](OC(C)=O)C(C)=C[C@H]12. The van der Waals surface area contributed by atoms with Crippen molar-refractivity contribution in [2.45, 2.75) is 52.2 Å². The Morgan fingerprint density at radius 1 is 1.28 bits per heavy atom. The summed E-state index contributed by atoms with van der Waals surface area (Å²) in [5.74, 6) is 0.640. The van der Waals surface area contributed by atoms with E-state index in [1.54, 1.807) is 14.2 Å². The van der Waals surface area contributed by atoms with Crippen LogP contribution in [0.25, 0.3) is 0 Å². The molecule has 2 aliphatic rings. The monoisotopic (exact) mass is 410 g/mol. The topological polar surface area (TPSA) is 68.2 Å². The van der Waals surface area contributed by atoms with E-state index in [2.05, 4.69) is 24.8 Å². The third-order valence-electron chi connectivity index (χ3n) is 6.82. The van der Waals surface area contributed by atoms with E-state index in [0.717, 1.165) is 38.0 Å². The molecule has 0 aliphatic heterocycles. The van der Waals surface area contributed by atoms with Crippen molar-refractivity contribution in [1.29, 1.82) is 0 Å². The first-order valence-electron chi connectivity index (χ1n) is 10.9. The molecule has 1 N–H and O–H groups in total. The van der Waals surface area contributed by atoms with E-state index in [4.69, 9.17) is 14.2 Å². The third-order valence-corrected chi connectivity index (χ3v) is 6.82. The largest absolute Gasteiger partial charge is 0.458 e. The predicted octanol–water partition coefficient (Wildman–Crippen LogP) is 2.71. The summed E-state index contributed by atoms with van der Waals surface area (Å²) in [6, 6.07) is 0. The highest BCUT2D eigenvalue weighted by atomic mass is 16.5. The lowest BCUT2D eigenvalue weighted by atomic mass is 9.57. The van der Waals surface area contributed by atoms with Gasteiger partial charge in [-0.3, -0.25) is 9.69 Å². The normalized spacial score (nSPS) is 33.2. The van der Waals surface area contributed by atoms with E-state index in [-0.39, 0.29) is 17.8 Å². The van der Waals surface area contributed by atoms with E-state index in [1.165, 1.54) is 6.92 Å². The third kappa shape index (κ3) is 6.03. The number of esters is 1. The van der Waals surface area contributed by atoms with Gasteiger partial charge in [-0.2, -0.15) is 0 Å². The molecule has 6 atom stereocenters. The van der Waals surface area contributed by atoms with E-state index < -0.39 is 11.7 Å². The van der Waals surface area contributed by atoms with Crippen LogP contribution in [0.1, 0.15) is 40.5 Å². The number of ether oxygens (including phenoxy) is 3. The van der Waals surface area contributed by atoms with Crippen LogP contribution in [0.4, 0.5) is 0 Å². The Hall–Kier alpha value is -0.950. The van der Waals surface area contributed by atoms with Crippen molar-refractivity contribution >= 4 is 5.97 Å². The molecule has 2 rings (SSSR count). The Labute approximate surface area is 176 Å². The van der Waals surface area contributed by atoms with E-state index in [0.29, 0.717) is 25.0 Å². The highest BCUT2D eigenvalue weighted by Crippen LogP contribution is 2.50. The van der Waals surface area contributed by atoms with Crippen molar-refractivity contribution in [2.24, 2.45) is 23.7 Å². The second kappa shape index (κ2) is 10.9. The Balaban J connectivity index is 2.17. The van der Waals surface area contributed by atoms with Gasteiger partial charge in [-0.25, -0.2) is 0 Å². The zero-order valence-corrected chi connectivity index (χ0v) is 19.0. The van der Waals surface area contributed by atoms with Crippen molar-refractivity contribution in [3.8, 4) is 0 Å². The summed E-state index contributed by atoms with van der Waals surface area (Å²) in [5, 5.41) is 11.7. The van der Waals surface area contributed by atoms with Gasteiger partial charge in [0.15, 0.2) is 0 Å². The predicted molar refractivity (Wildman–Crippen MR) is 113 cm³/mol. The smallest absolute Gasteiger partial charge is 0.303 e. The van der Waals surface area contributed by atoms with Crippen LogP contribution in [0.5, 0.6) is 0 Å². The van der Waals surface area contributed by atoms with Crippen molar-refractivity contribution in [3.05, 3.63) is 18.1 Å². The molecule has 0 bridgehead atoms. The quantitative estimate of drug-likeness (QED) is 0.441. The maximum atomic E-state index is 11.7. The molecule has 0 aromatic rings. The summed E-state index contributed by atoms with van der Waals surface area (Å²) < 4.78 is 16.0. The number of methoxy groups -OCH3 is 2. The summed E-state index contributed by atoms with van der Waals surface area (Å²) in [7, 11) is 3.46. The fourth-order valence-electron chi connectivity index (χ4n) is 5.03. The second-order valence-electron chi connectivity index (χ2n) is 8.93. The van der Waals surface area contributed by atoms with Gasteiger partial charge < -0.3 is 19.3 Å². The van der Waals surface area contributed by atoms with Gasteiger partial charge in [0.2, 0.25) is 0 Å². The fraction of sp³-hybridized carbons (Fsp3) is 0.826. The first-order valence-corrected chi connectivity index (χ1v) is 10.9. The maximum Gasteiger partial charge on any atom is 0.303 e. The van der Waals surface area contributed by atoms with Gasteiger partial charge in [-0.1, -0.05) is 19.9 Å². The van der Waals surface area contributed by atoms with E-state index >= 15 is 0 Å². The molecule has 0 heterocycles. The molecule has 0 aromatic heterocycles. The molecule has 0 aromatic carbocycles. The van der Waals surface area contributed by atoms with Crippen LogP contribution in [-0.4, -0.2) is 74.7 Å². The number of fused-ring (bicyclic) bond motifs is 1. The zero-order valence-electron chi connectivity index (χ0n) is 19.0. The van der Waals surface area contributed by atoms with Crippen LogP contribution in [0.2, 0.25) is 0 Å². The molecule has 6 nitrogen and oxygen atoms in total. The average molecular weight is 411 g/mol. The van der Waals surface area contributed by atoms with Gasteiger partial charge in [0, 0.05) is 53.1 Å². The first kappa shape index (κ1) is 24.3. The van der Waals surface area contributed by atoms with Crippen LogP contribution in [0.3, 0.4) is 0 Å². The Morgan fingerprint density at radius 2 is 1.90 bits per heavy atom. The van der Waals surface area contributed by atoms with Crippen LogP contribution < -0.4 is 0 Å². The van der Waals surface area contributed by atoms with E-state index in [9.17, 15) is 9.90 Å². The molecular formula is C23H40NO5. The van der Waals surface area contributed by atoms with Crippen molar-refractivity contribution < 1.29 is 24.1 Å². The number of hydrogen-bond donors (Lipinski definition) is 1. The van der Waals surface area contributed by atoms with Gasteiger partial charge in [-0.05, 0) is 43.1 Å². The molecule has 1 unspecified atom stereocenters. The highest BCUT2D eigenvalue weighted by Gasteiger charge is 2.53.